The Labute approximate surface area is 165 Å². The summed E-state index contributed by atoms with van der Waals surface area (Å²) >= 11 is 5.34. The maximum Gasteiger partial charge on any atom is 0.187 e. The highest BCUT2D eigenvalue weighted by Gasteiger charge is 2.13. The minimum absolute atomic E-state index is 0.542. The van der Waals surface area contributed by atoms with Crippen LogP contribution in [0.25, 0.3) is 10.8 Å². The fraction of sp³-hybridized carbons (Fsp3) is 0.400. The van der Waals surface area contributed by atoms with Gasteiger partial charge in [0.1, 0.15) is 18.8 Å². The molecule has 0 radical (unpaired) electrons. The van der Waals surface area contributed by atoms with Gasteiger partial charge < -0.3 is 19.7 Å². The zero-order valence-electron chi connectivity index (χ0n) is 15.9. The van der Waals surface area contributed by atoms with Gasteiger partial charge in [0.15, 0.2) is 5.11 Å². The molecule has 0 saturated carbocycles. The highest BCUT2D eigenvalue weighted by atomic mass is 32.1. The van der Waals surface area contributed by atoms with E-state index < -0.39 is 0 Å². The van der Waals surface area contributed by atoms with E-state index in [4.69, 9.17) is 21.7 Å². The molecule has 0 unspecified atom stereocenters. The van der Waals surface area contributed by atoms with Gasteiger partial charge in [0, 0.05) is 10.9 Å². The Morgan fingerprint density at radius 2 is 1.93 bits per heavy atom. The van der Waals surface area contributed by atoms with Crippen molar-refractivity contribution in [3.05, 3.63) is 42.0 Å². The van der Waals surface area contributed by atoms with Crippen molar-refractivity contribution in [2.75, 3.05) is 46.5 Å². The smallest absolute Gasteiger partial charge is 0.187 e. The molecule has 0 bridgehead atoms. The van der Waals surface area contributed by atoms with Crippen molar-refractivity contribution in [1.29, 1.82) is 0 Å². The maximum absolute atomic E-state index is 5.46. The van der Waals surface area contributed by atoms with E-state index in [-0.39, 0.29) is 0 Å². The molecule has 144 valence electrons. The molecule has 0 spiro atoms. The Kier molecular flexibility index (Phi) is 6.98. The van der Waals surface area contributed by atoms with Gasteiger partial charge in [-0.05, 0) is 36.7 Å². The van der Waals surface area contributed by atoms with Crippen LogP contribution in [-0.2, 0) is 4.74 Å². The van der Waals surface area contributed by atoms with Crippen LogP contribution in [0.15, 0.2) is 41.5 Å². The lowest BCUT2D eigenvalue weighted by molar-refractivity contribution is -0.906. The second-order valence-electron chi connectivity index (χ2n) is 6.54. The van der Waals surface area contributed by atoms with Crippen LogP contribution in [0.3, 0.4) is 0 Å². The van der Waals surface area contributed by atoms with Gasteiger partial charge in [0.2, 0.25) is 0 Å². The van der Waals surface area contributed by atoms with Gasteiger partial charge in [-0.2, -0.15) is 5.10 Å². The minimum Gasteiger partial charge on any atom is -0.496 e. The number of quaternary nitrogens is 1. The van der Waals surface area contributed by atoms with Crippen molar-refractivity contribution in [2.45, 2.75) is 6.92 Å². The minimum atomic E-state index is 0.542. The summed E-state index contributed by atoms with van der Waals surface area (Å²) in [6, 6.07) is 12.2. The number of nitrogens with zero attached hydrogens (tertiary/aromatic N) is 1. The van der Waals surface area contributed by atoms with E-state index in [9.17, 15) is 0 Å². The number of hydrazone groups is 1. The molecule has 0 aliphatic carbocycles. The molecule has 0 atom stereocenters. The molecule has 2 aromatic carbocycles. The predicted molar refractivity (Wildman–Crippen MR) is 113 cm³/mol. The topological polar surface area (TPSA) is 59.3 Å². The average molecular weight is 388 g/mol. The lowest BCUT2D eigenvalue weighted by atomic mass is 10.0. The summed E-state index contributed by atoms with van der Waals surface area (Å²) in [5.74, 6) is 0.859. The highest BCUT2D eigenvalue weighted by Crippen LogP contribution is 2.28. The molecular formula is C20H27N4O2S+. The van der Waals surface area contributed by atoms with E-state index in [1.165, 1.54) is 0 Å². The quantitative estimate of drug-likeness (QED) is 0.392. The number of hydrogen-bond acceptors (Lipinski definition) is 4. The van der Waals surface area contributed by atoms with E-state index in [1.807, 2.05) is 31.2 Å². The molecule has 0 amide bonds. The first-order chi connectivity index (χ1) is 13.2. The highest BCUT2D eigenvalue weighted by molar-refractivity contribution is 7.80. The van der Waals surface area contributed by atoms with Crippen molar-refractivity contribution < 1.29 is 14.4 Å². The SMILES string of the molecule is COc1ccc(/C(C)=N\NC(=S)NCC[NH+]2CCOCC2)c2ccccc12. The molecule has 2 aromatic rings. The van der Waals surface area contributed by atoms with Crippen LogP contribution in [0.2, 0.25) is 0 Å². The van der Waals surface area contributed by atoms with Gasteiger partial charge >= 0.3 is 0 Å². The molecule has 3 N–H and O–H groups in total. The van der Waals surface area contributed by atoms with Crippen LogP contribution >= 0.6 is 12.2 Å². The fourth-order valence-corrected chi connectivity index (χ4v) is 3.41. The largest absolute Gasteiger partial charge is 0.496 e. The molecule has 1 aliphatic rings. The molecule has 1 saturated heterocycles. The molecule has 27 heavy (non-hydrogen) atoms. The third-order valence-electron chi connectivity index (χ3n) is 4.78. The zero-order chi connectivity index (χ0) is 19.1. The number of morpholine rings is 1. The molecule has 1 heterocycles. The number of fused-ring (bicyclic) bond motifs is 1. The van der Waals surface area contributed by atoms with E-state index in [1.54, 1.807) is 12.0 Å². The van der Waals surface area contributed by atoms with Gasteiger partial charge in [0.05, 0.1) is 39.1 Å². The van der Waals surface area contributed by atoms with Gasteiger partial charge in [-0.3, -0.25) is 5.43 Å². The van der Waals surface area contributed by atoms with Gasteiger partial charge in [-0.15, -0.1) is 0 Å². The first kappa shape index (κ1) is 19.5. The van der Waals surface area contributed by atoms with Crippen LogP contribution in [0.4, 0.5) is 0 Å². The summed E-state index contributed by atoms with van der Waals surface area (Å²) in [6.07, 6.45) is 0. The molecule has 6 nitrogen and oxygen atoms in total. The number of thiocarbonyl (C=S) groups is 1. The Morgan fingerprint density at radius 3 is 2.67 bits per heavy atom. The predicted octanol–water partition coefficient (Wildman–Crippen LogP) is 0.952. The number of ether oxygens (including phenoxy) is 2. The molecule has 3 rings (SSSR count). The Bertz CT molecular complexity index is 819. The summed E-state index contributed by atoms with van der Waals surface area (Å²) in [5, 5.41) is 10.4. The first-order valence-electron chi connectivity index (χ1n) is 9.24. The molecule has 1 aliphatic heterocycles. The van der Waals surface area contributed by atoms with Crippen molar-refractivity contribution in [3.8, 4) is 5.75 Å². The molecule has 7 heteroatoms. The summed E-state index contributed by atoms with van der Waals surface area (Å²) in [5.41, 5.74) is 4.88. The van der Waals surface area contributed by atoms with Gasteiger partial charge in [-0.25, -0.2) is 0 Å². The average Bonchev–Trinajstić information content (AvgIpc) is 2.72. The van der Waals surface area contributed by atoms with Crippen molar-refractivity contribution in [2.24, 2.45) is 5.10 Å². The van der Waals surface area contributed by atoms with E-state index in [0.717, 1.165) is 67.2 Å². The summed E-state index contributed by atoms with van der Waals surface area (Å²) < 4.78 is 10.8. The van der Waals surface area contributed by atoms with Crippen LogP contribution in [0, 0.1) is 0 Å². The van der Waals surface area contributed by atoms with Crippen molar-refractivity contribution in [1.82, 2.24) is 10.7 Å². The van der Waals surface area contributed by atoms with Crippen LogP contribution in [0.5, 0.6) is 5.75 Å². The standard InChI is InChI=1S/C20H26N4O2S/c1-15(16-7-8-19(25-2)18-6-4-3-5-17(16)18)22-23-20(27)21-9-10-24-11-13-26-14-12-24/h3-8H,9-14H2,1-2H3,(H2,21,23,27)/p+1/b22-15-. The van der Waals surface area contributed by atoms with Gasteiger partial charge in [0.25, 0.3) is 0 Å². The second kappa shape index (κ2) is 9.64. The first-order valence-corrected chi connectivity index (χ1v) is 9.65. The van der Waals surface area contributed by atoms with E-state index >= 15 is 0 Å². The zero-order valence-corrected chi connectivity index (χ0v) is 16.7. The summed E-state index contributed by atoms with van der Waals surface area (Å²) in [6.45, 7) is 7.63. The lowest BCUT2D eigenvalue weighted by Gasteiger charge is -2.23. The van der Waals surface area contributed by atoms with Crippen LogP contribution < -0.4 is 20.4 Å². The third-order valence-corrected chi connectivity index (χ3v) is 5.02. The molecule has 1 fully saturated rings. The maximum atomic E-state index is 5.46. The number of benzene rings is 2. The third kappa shape index (κ3) is 5.15. The Morgan fingerprint density at radius 1 is 1.19 bits per heavy atom. The number of rotatable bonds is 6. The van der Waals surface area contributed by atoms with Crippen molar-refractivity contribution >= 4 is 33.8 Å². The van der Waals surface area contributed by atoms with Crippen molar-refractivity contribution in [3.63, 3.8) is 0 Å². The Balaban J connectivity index is 1.59. The normalized spacial score (nSPS) is 15.6. The second-order valence-corrected chi connectivity index (χ2v) is 6.95. The van der Waals surface area contributed by atoms with E-state index in [2.05, 4.69) is 28.0 Å². The monoisotopic (exact) mass is 387 g/mol. The van der Waals surface area contributed by atoms with Gasteiger partial charge in [-0.1, -0.05) is 24.3 Å². The van der Waals surface area contributed by atoms with Crippen LogP contribution in [-0.4, -0.2) is 57.3 Å². The Hall–Kier alpha value is -2.22. The van der Waals surface area contributed by atoms with Crippen LogP contribution in [0.1, 0.15) is 12.5 Å². The molecule has 0 aromatic heterocycles. The molecular weight excluding hydrogens is 360 g/mol. The number of hydrogen-bond donors (Lipinski definition) is 3. The fourth-order valence-electron chi connectivity index (χ4n) is 3.26. The summed E-state index contributed by atoms with van der Waals surface area (Å²) in [7, 11) is 1.69. The number of nitrogens with one attached hydrogen (secondary N) is 3. The lowest BCUT2D eigenvalue weighted by Crippen LogP contribution is -3.14. The summed E-state index contributed by atoms with van der Waals surface area (Å²) in [4.78, 5) is 1.54. The number of methoxy groups -OCH3 is 1. The van der Waals surface area contributed by atoms with E-state index in [0.29, 0.717) is 5.11 Å².